The molecule has 0 amide bonds. The van der Waals surface area contributed by atoms with Crippen LogP contribution in [0.15, 0.2) is 41.1 Å². The van der Waals surface area contributed by atoms with Crippen LogP contribution in [0.1, 0.15) is 50.1 Å². The minimum Gasteiger partial charge on any atom is -0.415 e. The maximum atomic E-state index is 12.9. The molecule has 1 N–H and O–H groups in total. The Kier molecular flexibility index (Phi) is 5.99. The number of benzene rings is 1. The number of nitrogens with zero attached hydrogens (tertiary/aromatic N) is 4. The fourth-order valence-electron chi connectivity index (χ4n) is 2.76. The van der Waals surface area contributed by atoms with Crippen LogP contribution in [0.2, 0.25) is 0 Å². The molecule has 1 saturated carbocycles. The van der Waals surface area contributed by atoms with Crippen molar-refractivity contribution in [2.24, 2.45) is 0 Å². The molecule has 0 spiro atoms. The van der Waals surface area contributed by atoms with Crippen LogP contribution in [-0.2, 0) is 11.7 Å². The van der Waals surface area contributed by atoms with Gasteiger partial charge in [-0.1, -0.05) is 26.0 Å². The van der Waals surface area contributed by atoms with Crippen molar-refractivity contribution < 1.29 is 26.4 Å². The number of anilines is 1. The molecular formula is C19H18F5N5O. The highest BCUT2D eigenvalue weighted by Crippen LogP contribution is 2.48. The Balaban J connectivity index is 0.00000124. The Labute approximate surface area is 168 Å². The molecule has 4 rings (SSSR count). The normalized spacial score (nSPS) is 14.8. The van der Waals surface area contributed by atoms with E-state index in [1.165, 1.54) is 18.5 Å². The van der Waals surface area contributed by atoms with Crippen molar-refractivity contribution in [3.05, 3.63) is 53.7 Å². The van der Waals surface area contributed by atoms with E-state index in [0.717, 1.165) is 12.1 Å². The van der Waals surface area contributed by atoms with E-state index >= 15 is 0 Å². The van der Waals surface area contributed by atoms with Gasteiger partial charge in [0.25, 0.3) is 11.8 Å². The van der Waals surface area contributed by atoms with Crippen molar-refractivity contribution in [3.8, 4) is 11.5 Å². The summed E-state index contributed by atoms with van der Waals surface area (Å²) in [6, 6.07) is 5.11. The summed E-state index contributed by atoms with van der Waals surface area (Å²) in [7, 11) is 0. The molecule has 0 unspecified atom stereocenters. The van der Waals surface area contributed by atoms with E-state index in [4.69, 9.17) is 4.42 Å². The van der Waals surface area contributed by atoms with Crippen LogP contribution in [0.4, 0.5) is 27.9 Å². The monoisotopic (exact) mass is 427 g/mol. The van der Waals surface area contributed by atoms with Gasteiger partial charge in [0, 0.05) is 12.4 Å². The van der Waals surface area contributed by atoms with Crippen LogP contribution >= 0.6 is 0 Å². The summed E-state index contributed by atoms with van der Waals surface area (Å²) in [5.74, 6) is -0.771. The predicted octanol–water partition coefficient (Wildman–Crippen LogP) is 5.61. The van der Waals surface area contributed by atoms with E-state index in [0.29, 0.717) is 18.4 Å². The average Bonchev–Trinajstić information content (AvgIpc) is 3.34. The van der Waals surface area contributed by atoms with Crippen molar-refractivity contribution in [3.63, 3.8) is 0 Å². The second kappa shape index (κ2) is 8.33. The van der Waals surface area contributed by atoms with Crippen molar-refractivity contribution in [2.45, 2.75) is 44.8 Å². The number of nitrogens with one attached hydrogen (secondary N) is 1. The van der Waals surface area contributed by atoms with Gasteiger partial charge in [0.15, 0.2) is 0 Å². The van der Waals surface area contributed by atoms with Gasteiger partial charge in [-0.05, 0) is 30.5 Å². The van der Waals surface area contributed by atoms with Gasteiger partial charge in [-0.3, -0.25) is 0 Å². The highest BCUT2D eigenvalue weighted by Gasteiger charge is 2.46. The maximum Gasteiger partial charge on any atom is 0.416 e. The number of rotatable bonds is 5. The third-order valence-corrected chi connectivity index (χ3v) is 4.37. The summed E-state index contributed by atoms with van der Waals surface area (Å²) in [5, 5.41) is 9.77. The van der Waals surface area contributed by atoms with E-state index in [1.807, 2.05) is 13.8 Å². The summed E-state index contributed by atoms with van der Waals surface area (Å²) in [5.41, 5.74) is -0.654. The van der Waals surface area contributed by atoms with Crippen molar-refractivity contribution in [1.82, 2.24) is 20.2 Å². The fraction of sp³-hybridized carbons (Fsp3) is 0.368. The van der Waals surface area contributed by atoms with Crippen LogP contribution in [-0.4, -0.2) is 20.2 Å². The molecule has 11 heteroatoms. The van der Waals surface area contributed by atoms with Gasteiger partial charge in [-0.15, -0.1) is 10.2 Å². The van der Waals surface area contributed by atoms with Crippen molar-refractivity contribution in [1.29, 1.82) is 0 Å². The van der Waals surface area contributed by atoms with Crippen molar-refractivity contribution >= 4 is 5.95 Å². The molecule has 0 saturated heterocycles. The van der Waals surface area contributed by atoms with E-state index in [-0.39, 0.29) is 17.4 Å². The number of aromatic nitrogens is 4. The lowest BCUT2D eigenvalue weighted by atomic mass is 10.0. The Bertz CT molecular complexity index is 983. The predicted molar refractivity (Wildman–Crippen MR) is 97.6 cm³/mol. The van der Waals surface area contributed by atoms with Crippen LogP contribution in [0.3, 0.4) is 0 Å². The number of alkyl halides is 5. The Morgan fingerprint density at radius 3 is 2.27 bits per heavy atom. The molecule has 1 aromatic carbocycles. The minimum atomic E-state index is -4.43. The zero-order chi connectivity index (χ0) is 21.9. The molecule has 0 atom stereocenters. The second-order valence-electron chi connectivity index (χ2n) is 6.33. The van der Waals surface area contributed by atoms with Crippen LogP contribution in [0.25, 0.3) is 11.5 Å². The van der Waals surface area contributed by atoms with Gasteiger partial charge in [0.2, 0.25) is 5.95 Å². The molecule has 6 nitrogen and oxygen atoms in total. The first-order valence-corrected chi connectivity index (χ1v) is 9.17. The smallest absolute Gasteiger partial charge is 0.415 e. The van der Waals surface area contributed by atoms with Crippen molar-refractivity contribution in [2.75, 3.05) is 5.32 Å². The molecule has 1 aliphatic rings. The number of hydrogen-bond acceptors (Lipinski definition) is 6. The molecule has 0 radical (unpaired) electrons. The molecule has 0 aliphatic heterocycles. The van der Waals surface area contributed by atoms with Gasteiger partial charge >= 0.3 is 12.6 Å². The van der Waals surface area contributed by atoms with Gasteiger partial charge in [-0.25, -0.2) is 9.97 Å². The average molecular weight is 427 g/mol. The molecular weight excluding hydrogens is 409 g/mol. The third-order valence-electron chi connectivity index (χ3n) is 4.37. The van der Waals surface area contributed by atoms with Gasteiger partial charge in [0.05, 0.1) is 16.7 Å². The molecule has 3 aromatic rings. The minimum absolute atomic E-state index is 0.152. The lowest BCUT2D eigenvalue weighted by Crippen LogP contribution is -2.21. The summed E-state index contributed by atoms with van der Waals surface area (Å²) < 4.78 is 68.7. The van der Waals surface area contributed by atoms with E-state index < -0.39 is 29.6 Å². The molecule has 2 heterocycles. The Morgan fingerprint density at radius 2 is 1.73 bits per heavy atom. The maximum absolute atomic E-state index is 12.9. The number of hydrogen-bond donors (Lipinski definition) is 1. The molecule has 0 bridgehead atoms. The zero-order valence-corrected chi connectivity index (χ0v) is 16.0. The summed E-state index contributed by atoms with van der Waals surface area (Å²) in [6.07, 6.45) is -3.45. The SMILES string of the molecule is CC.FC(F)c1nnc(-c2cnc(NC3(c4cccc(C(F)(F)F)c4)CC3)nc2)o1. The van der Waals surface area contributed by atoms with E-state index in [1.54, 1.807) is 6.07 Å². The first-order valence-electron chi connectivity index (χ1n) is 9.17. The van der Waals surface area contributed by atoms with Gasteiger partial charge in [0.1, 0.15) is 0 Å². The molecule has 1 aliphatic carbocycles. The highest BCUT2D eigenvalue weighted by molar-refractivity contribution is 5.51. The lowest BCUT2D eigenvalue weighted by molar-refractivity contribution is -0.137. The topological polar surface area (TPSA) is 76.7 Å². The second-order valence-corrected chi connectivity index (χ2v) is 6.33. The lowest BCUT2D eigenvalue weighted by Gasteiger charge is -2.19. The first kappa shape index (κ1) is 21.6. The molecule has 1 fully saturated rings. The van der Waals surface area contributed by atoms with Gasteiger partial charge in [-0.2, -0.15) is 22.0 Å². The van der Waals surface area contributed by atoms with E-state index in [2.05, 4.69) is 25.5 Å². The summed E-state index contributed by atoms with van der Waals surface area (Å²) >= 11 is 0. The molecule has 160 valence electrons. The van der Waals surface area contributed by atoms with Crippen LogP contribution in [0.5, 0.6) is 0 Å². The zero-order valence-electron chi connectivity index (χ0n) is 16.0. The highest BCUT2D eigenvalue weighted by atomic mass is 19.4. The van der Waals surface area contributed by atoms with Gasteiger partial charge < -0.3 is 9.73 Å². The third kappa shape index (κ3) is 4.55. The Morgan fingerprint density at radius 1 is 1.07 bits per heavy atom. The summed E-state index contributed by atoms with van der Waals surface area (Å²) in [6.45, 7) is 4.00. The molecule has 30 heavy (non-hydrogen) atoms. The largest absolute Gasteiger partial charge is 0.416 e. The first-order chi connectivity index (χ1) is 14.3. The van der Waals surface area contributed by atoms with E-state index in [9.17, 15) is 22.0 Å². The fourth-order valence-corrected chi connectivity index (χ4v) is 2.76. The standard InChI is InChI=1S/C17H12F5N5O.C2H6/c18-12(19)14-27-26-13(28-14)9-7-23-15(24-8-9)25-16(4-5-16)10-2-1-3-11(6-10)17(20,21)22;1-2/h1-3,6-8,12H,4-5H2,(H,23,24,25);1-2H3. The quantitative estimate of drug-likeness (QED) is 0.534. The van der Waals surface area contributed by atoms with Crippen LogP contribution < -0.4 is 5.32 Å². The summed E-state index contributed by atoms with van der Waals surface area (Å²) in [4.78, 5) is 8.14. The number of halogens is 5. The Hall–Kier alpha value is -3.11. The molecule has 2 aromatic heterocycles. The van der Waals surface area contributed by atoms with Crippen LogP contribution in [0, 0.1) is 0 Å².